The van der Waals surface area contributed by atoms with Gasteiger partial charge in [0.15, 0.2) is 0 Å². The molecule has 0 saturated heterocycles. The van der Waals surface area contributed by atoms with Crippen LogP contribution in [0.1, 0.15) is 68.4 Å². The van der Waals surface area contributed by atoms with E-state index in [9.17, 15) is 0 Å². The Hall–Kier alpha value is -0.830. The van der Waals surface area contributed by atoms with Gasteiger partial charge < -0.3 is 5.32 Å². The molecule has 18 heavy (non-hydrogen) atoms. The predicted molar refractivity (Wildman–Crippen MR) is 77.9 cm³/mol. The third-order valence-electron chi connectivity index (χ3n) is 3.86. The van der Waals surface area contributed by atoms with Crippen molar-refractivity contribution in [2.75, 3.05) is 7.05 Å². The first-order valence-electron chi connectivity index (χ1n) is 7.29. The Labute approximate surface area is 112 Å². The molecular weight excluding hydrogens is 222 g/mol. The lowest BCUT2D eigenvalue weighted by Crippen LogP contribution is -2.18. The lowest BCUT2D eigenvalue weighted by atomic mass is 9.98. The number of aryl methyl sites for hydroxylation is 2. The Morgan fingerprint density at radius 2 is 1.83 bits per heavy atom. The van der Waals surface area contributed by atoms with Crippen molar-refractivity contribution in [2.24, 2.45) is 7.05 Å². The normalized spacial score (nSPS) is 12.9. The van der Waals surface area contributed by atoms with Gasteiger partial charge in [0.05, 0.1) is 5.69 Å². The van der Waals surface area contributed by atoms with E-state index in [2.05, 4.69) is 38.2 Å². The number of rotatable bonds is 8. The van der Waals surface area contributed by atoms with Gasteiger partial charge in [-0.25, -0.2) is 0 Å². The van der Waals surface area contributed by atoms with Gasteiger partial charge in [-0.2, -0.15) is 5.10 Å². The fourth-order valence-electron chi connectivity index (χ4n) is 2.68. The number of hydrogen-bond donors (Lipinski definition) is 1. The lowest BCUT2D eigenvalue weighted by molar-refractivity contribution is 0.497. The molecule has 0 fully saturated rings. The van der Waals surface area contributed by atoms with E-state index in [0.717, 1.165) is 0 Å². The number of nitrogens with one attached hydrogen (secondary N) is 1. The SMILES string of the molecule is CCCCCCCC(NC)c1c(C)nn(C)c1C. The quantitative estimate of drug-likeness (QED) is 0.715. The van der Waals surface area contributed by atoms with Crippen molar-refractivity contribution < 1.29 is 0 Å². The maximum Gasteiger partial charge on any atom is 0.0644 e. The van der Waals surface area contributed by atoms with E-state index in [4.69, 9.17) is 0 Å². The molecule has 3 heteroatoms. The molecule has 0 bridgehead atoms. The topological polar surface area (TPSA) is 29.9 Å². The number of aromatic nitrogens is 2. The van der Waals surface area contributed by atoms with Gasteiger partial charge in [-0.3, -0.25) is 4.68 Å². The molecule has 0 radical (unpaired) electrons. The van der Waals surface area contributed by atoms with E-state index >= 15 is 0 Å². The third-order valence-corrected chi connectivity index (χ3v) is 3.86. The van der Waals surface area contributed by atoms with Crippen molar-refractivity contribution in [3.63, 3.8) is 0 Å². The standard InChI is InChI=1S/C15H29N3/c1-6-7-8-9-10-11-14(16-4)15-12(2)17-18(5)13(15)3/h14,16H,6-11H2,1-5H3. The molecule has 1 N–H and O–H groups in total. The van der Waals surface area contributed by atoms with Crippen LogP contribution in [0.25, 0.3) is 0 Å². The highest BCUT2D eigenvalue weighted by Gasteiger charge is 2.18. The summed E-state index contributed by atoms with van der Waals surface area (Å²) in [6.07, 6.45) is 7.93. The van der Waals surface area contributed by atoms with Crippen LogP contribution in [-0.4, -0.2) is 16.8 Å². The maximum atomic E-state index is 4.51. The zero-order chi connectivity index (χ0) is 13.5. The van der Waals surface area contributed by atoms with Gasteiger partial charge in [-0.15, -0.1) is 0 Å². The van der Waals surface area contributed by atoms with Crippen LogP contribution >= 0.6 is 0 Å². The zero-order valence-electron chi connectivity index (χ0n) is 12.7. The van der Waals surface area contributed by atoms with Crippen LogP contribution in [0.2, 0.25) is 0 Å². The summed E-state index contributed by atoms with van der Waals surface area (Å²) in [7, 11) is 4.09. The summed E-state index contributed by atoms with van der Waals surface area (Å²) in [5.41, 5.74) is 3.86. The summed E-state index contributed by atoms with van der Waals surface area (Å²) in [5.74, 6) is 0. The first-order chi connectivity index (χ1) is 8.61. The van der Waals surface area contributed by atoms with Gasteiger partial charge in [-0.1, -0.05) is 39.0 Å². The van der Waals surface area contributed by atoms with Crippen LogP contribution in [-0.2, 0) is 7.05 Å². The van der Waals surface area contributed by atoms with Gasteiger partial charge >= 0.3 is 0 Å². The van der Waals surface area contributed by atoms with E-state index in [-0.39, 0.29) is 0 Å². The summed E-state index contributed by atoms with van der Waals surface area (Å²) in [6.45, 7) is 6.54. The first kappa shape index (κ1) is 15.2. The van der Waals surface area contributed by atoms with E-state index in [1.165, 1.54) is 55.5 Å². The molecule has 0 saturated carbocycles. The predicted octanol–water partition coefficient (Wildman–Crippen LogP) is 3.66. The van der Waals surface area contributed by atoms with Crippen LogP contribution in [0.5, 0.6) is 0 Å². The van der Waals surface area contributed by atoms with Crippen LogP contribution in [0.3, 0.4) is 0 Å². The second-order valence-corrected chi connectivity index (χ2v) is 5.25. The van der Waals surface area contributed by atoms with E-state index in [0.29, 0.717) is 6.04 Å². The molecule has 0 aliphatic heterocycles. The van der Waals surface area contributed by atoms with Gasteiger partial charge in [0.25, 0.3) is 0 Å². The molecule has 0 aliphatic carbocycles. The second-order valence-electron chi connectivity index (χ2n) is 5.25. The molecule has 1 heterocycles. The second kappa shape index (κ2) is 7.57. The Morgan fingerprint density at radius 3 is 2.33 bits per heavy atom. The number of hydrogen-bond acceptors (Lipinski definition) is 2. The van der Waals surface area contributed by atoms with Crippen LogP contribution in [0, 0.1) is 13.8 Å². The van der Waals surface area contributed by atoms with Gasteiger partial charge in [0.2, 0.25) is 0 Å². The molecule has 0 aromatic carbocycles. The smallest absolute Gasteiger partial charge is 0.0644 e. The summed E-state index contributed by atoms with van der Waals surface area (Å²) in [4.78, 5) is 0. The summed E-state index contributed by atoms with van der Waals surface area (Å²) in [5, 5.41) is 7.96. The molecule has 3 nitrogen and oxygen atoms in total. The summed E-state index contributed by atoms with van der Waals surface area (Å²) >= 11 is 0. The Kier molecular flexibility index (Phi) is 6.41. The first-order valence-corrected chi connectivity index (χ1v) is 7.29. The molecule has 0 amide bonds. The number of unbranched alkanes of at least 4 members (excludes halogenated alkanes) is 4. The average molecular weight is 251 g/mol. The molecule has 1 aromatic rings. The largest absolute Gasteiger partial charge is 0.313 e. The highest BCUT2D eigenvalue weighted by Crippen LogP contribution is 2.25. The molecular formula is C15H29N3. The average Bonchev–Trinajstić information content (AvgIpc) is 2.59. The Balaban J connectivity index is 2.55. The highest BCUT2D eigenvalue weighted by atomic mass is 15.3. The highest BCUT2D eigenvalue weighted by molar-refractivity contribution is 5.28. The van der Waals surface area contributed by atoms with Crippen molar-refractivity contribution in [3.05, 3.63) is 17.0 Å². The minimum atomic E-state index is 0.459. The minimum absolute atomic E-state index is 0.459. The summed E-state index contributed by atoms with van der Waals surface area (Å²) in [6, 6.07) is 0.459. The Morgan fingerprint density at radius 1 is 1.17 bits per heavy atom. The molecule has 1 aromatic heterocycles. The molecule has 0 spiro atoms. The number of nitrogens with zero attached hydrogens (tertiary/aromatic N) is 2. The maximum absolute atomic E-state index is 4.51. The van der Waals surface area contributed by atoms with E-state index in [1.807, 2.05) is 11.7 Å². The zero-order valence-corrected chi connectivity index (χ0v) is 12.7. The molecule has 1 unspecified atom stereocenters. The van der Waals surface area contributed by atoms with E-state index in [1.54, 1.807) is 0 Å². The summed E-state index contributed by atoms with van der Waals surface area (Å²) < 4.78 is 1.99. The third kappa shape index (κ3) is 3.84. The minimum Gasteiger partial charge on any atom is -0.313 e. The van der Waals surface area contributed by atoms with Crippen molar-refractivity contribution in [2.45, 2.75) is 65.3 Å². The van der Waals surface area contributed by atoms with Crippen molar-refractivity contribution in [1.29, 1.82) is 0 Å². The van der Waals surface area contributed by atoms with Crippen molar-refractivity contribution in [1.82, 2.24) is 15.1 Å². The van der Waals surface area contributed by atoms with Crippen molar-refractivity contribution in [3.8, 4) is 0 Å². The molecule has 1 rings (SSSR count). The monoisotopic (exact) mass is 251 g/mol. The fraction of sp³-hybridized carbons (Fsp3) is 0.800. The van der Waals surface area contributed by atoms with Crippen LogP contribution in [0.4, 0.5) is 0 Å². The van der Waals surface area contributed by atoms with Gasteiger partial charge in [0.1, 0.15) is 0 Å². The molecule has 104 valence electrons. The molecule has 1 atom stereocenters. The van der Waals surface area contributed by atoms with Crippen LogP contribution in [0.15, 0.2) is 0 Å². The van der Waals surface area contributed by atoms with E-state index < -0.39 is 0 Å². The Bertz CT molecular complexity index is 355. The van der Waals surface area contributed by atoms with Crippen molar-refractivity contribution >= 4 is 0 Å². The fourth-order valence-corrected chi connectivity index (χ4v) is 2.68. The molecule has 0 aliphatic rings. The van der Waals surface area contributed by atoms with Gasteiger partial charge in [0, 0.05) is 24.3 Å². The van der Waals surface area contributed by atoms with Crippen LogP contribution < -0.4 is 5.32 Å². The van der Waals surface area contributed by atoms with Gasteiger partial charge in [-0.05, 0) is 27.3 Å². The lowest BCUT2D eigenvalue weighted by Gasteiger charge is -2.17.